The number of para-hydroxylation sites is 1. The Morgan fingerprint density at radius 1 is 1.11 bits per heavy atom. The largest absolute Gasteiger partial charge is 0.333 e. The zero-order valence-corrected chi connectivity index (χ0v) is 17.2. The van der Waals surface area contributed by atoms with Crippen molar-refractivity contribution in [2.24, 2.45) is 0 Å². The Hall–Kier alpha value is -2.17. The Kier molecular flexibility index (Phi) is 8.01. The monoisotopic (exact) mass is 371 g/mol. The van der Waals surface area contributed by atoms with Crippen LogP contribution < -0.4 is 5.56 Å². The van der Waals surface area contributed by atoms with E-state index in [2.05, 4.69) is 20.8 Å². The average Bonchev–Trinajstić information content (AvgIpc) is 2.68. The standard InChI is InChI=1S/C22H33N3O2/c1-5-9-10-15-20(26)25(16-6-2)19(7-3)21-23-18-14-12-11-13-17(18)22(27)24(21)8-4/h11-14,19H,5-10,15-16H2,1-4H3. The van der Waals surface area contributed by atoms with Crippen molar-refractivity contribution in [1.82, 2.24) is 14.5 Å². The first-order valence-corrected chi connectivity index (χ1v) is 10.4. The van der Waals surface area contributed by atoms with Gasteiger partial charge in [0.2, 0.25) is 5.91 Å². The number of aromatic nitrogens is 2. The summed E-state index contributed by atoms with van der Waals surface area (Å²) in [6, 6.07) is 7.29. The van der Waals surface area contributed by atoms with Crippen molar-refractivity contribution in [2.75, 3.05) is 6.54 Å². The third kappa shape index (κ3) is 4.76. The molecule has 0 bridgehead atoms. The van der Waals surface area contributed by atoms with Crippen LogP contribution in [0.4, 0.5) is 0 Å². The van der Waals surface area contributed by atoms with E-state index in [1.807, 2.05) is 36.1 Å². The number of carbonyl (C=O) groups excluding carboxylic acids is 1. The SMILES string of the molecule is CCCCCC(=O)N(CCC)C(CC)c1nc2ccccc2c(=O)n1CC. The van der Waals surface area contributed by atoms with Crippen LogP contribution in [0.5, 0.6) is 0 Å². The molecule has 0 aliphatic heterocycles. The number of unbranched alkanes of at least 4 members (excludes halogenated alkanes) is 2. The van der Waals surface area contributed by atoms with Gasteiger partial charge in [0.05, 0.1) is 16.9 Å². The average molecular weight is 372 g/mol. The molecular weight excluding hydrogens is 338 g/mol. The van der Waals surface area contributed by atoms with Gasteiger partial charge in [0.15, 0.2) is 0 Å². The Morgan fingerprint density at radius 3 is 2.48 bits per heavy atom. The van der Waals surface area contributed by atoms with E-state index in [1.54, 1.807) is 4.57 Å². The van der Waals surface area contributed by atoms with Gasteiger partial charge in [0.1, 0.15) is 5.82 Å². The van der Waals surface area contributed by atoms with Crippen LogP contribution in [0.15, 0.2) is 29.1 Å². The van der Waals surface area contributed by atoms with Crippen LogP contribution in [0, 0.1) is 0 Å². The third-order valence-corrected chi connectivity index (χ3v) is 5.05. The van der Waals surface area contributed by atoms with E-state index >= 15 is 0 Å². The first kappa shape index (κ1) is 21.1. The minimum absolute atomic E-state index is 0.0218. The summed E-state index contributed by atoms with van der Waals surface area (Å²) in [5.74, 6) is 0.878. The summed E-state index contributed by atoms with van der Waals surface area (Å²) in [6.07, 6.45) is 5.27. The minimum atomic E-state index is -0.170. The van der Waals surface area contributed by atoms with Gasteiger partial charge in [-0.1, -0.05) is 45.7 Å². The topological polar surface area (TPSA) is 55.2 Å². The molecule has 1 amide bonds. The molecule has 0 radical (unpaired) electrons. The van der Waals surface area contributed by atoms with Gasteiger partial charge in [-0.3, -0.25) is 14.2 Å². The zero-order valence-electron chi connectivity index (χ0n) is 17.2. The summed E-state index contributed by atoms with van der Waals surface area (Å²) < 4.78 is 1.73. The lowest BCUT2D eigenvalue weighted by molar-refractivity contribution is -0.134. The first-order chi connectivity index (χ1) is 13.1. The van der Waals surface area contributed by atoms with E-state index < -0.39 is 0 Å². The molecule has 0 N–H and O–H groups in total. The summed E-state index contributed by atoms with van der Waals surface area (Å²) >= 11 is 0. The van der Waals surface area contributed by atoms with Gasteiger partial charge in [-0.25, -0.2) is 4.98 Å². The van der Waals surface area contributed by atoms with Gasteiger partial charge in [0, 0.05) is 19.5 Å². The molecular formula is C22H33N3O2. The number of amides is 1. The number of fused-ring (bicyclic) bond motifs is 1. The van der Waals surface area contributed by atoms with E-state index in [0.717, 1.165) is 32.1 Å². The number of rotatable bonds is 10. The second kappa shape index (κ2) is 10.2. The molecule has 0 saturated heterocycles. The molecule has 0 aliphatic rings. The van der Waals surface area contributed by atoms with E-state index in [0.29, 0.717) is 36.2 Å². The molecule has 1 aromatic carbocycles. The summed E-state index contributed by atoms with van der Waals surface area (Å²) in [5.41, 5.74) is 0.682. The number of benzene rings is 1. The zero-order chi connectivity index (χ0) is 19.8. The highest BCUT2D eigenvalue weighted by Crippen LogP contribution is 2.25. The van der Waals surface area contributed by atoms with Crippen molar-refractivity contribution < 1.29 is 4.79 Å². The number of carbonyl (C=O) groups is 1. The summed E-state index contributed by atoms with van der Waals surface area (Å²) in [4.78, 5) is 32.7. The van der Waals surface area contributed by atoms with Crippen molar-refractivity contribution in [3.8, 4) is 0 Å². The Morgan fingerprint density at radius 2 is 1.85 bits per heavy atom. The fourth-order valence-corrected chi connectivity index (χ4v) is 3.65. The molecule has 2 rings (SSSR count). The summed E-state index contributed by atoms with van der Waals surface area (Å²) in [7, 11) is 0. The predicted molar refractivity (Wildman–Crippen MR) is 111 cm³/mol. The van der Waals surface area contributed by atoms with Crippen LogP contribution in [-0.4, -0.2) is 26.9 Å². The van der Waals surface area contributed by atoms with Gasteiger partial charge < -0.3 is 4.90 Å². The predicted octanol–water partition coefficient (Wildman–Crippen LogP) is 4.69. The van der Waals surface area contributed by atoms with Gasteiger partial charge in [-0.2, -0.15) is 0 Å². The molecule has 0 saturated carbocycles. The molecule has 5 nitrogen and oxygen atoms in total. The lowest BCUT2D eigenvalue weighted by Crippen LogP contribution is -2.39. The van der Waals surface area contributed by atoms with Gasteiger partial charge in [-0.05, 0) is 38.3 Å². The minimum Gasteiger partial charge on any atom is -0.333 e. The van der Waals surface area contributed by atoms with E-state index in [4.69, 9.17) is 4.98 Å². The number of hydrogen-bond acceptors (Lipinski definition) is 3. The van der Waals surface area contributed by atoms with Crippen LogP contribution in [0.1, 0.15) is 78.1 Å². The number of hydrogen-bond donors (Lipinski definition) is 0. The molecule has 27 heavy (non-hydrogen) atoms. The molecule has 148 valence electrons. The molecule has 1 unspecified atom stereocenters. The Bertz CT molecular complexity index is 813. The molecule has 1 aromatic heterocycles. The lowest BCUT2D eigenvalue weighted by atomic mass is 10.1. The van der Waals surface area contributed by atoms with Crippen LogP contribution in [0.3, 0.4) is 0 Å². The maximum atomic E-state index is 13.0. The smallest absolute Gasteiger partial charge is 0.261 e. The molecule has 0 fully saturated rings. The normalized spacial score (nSPS) is 12.3. The van der Waals surface area contributed by atoms with Crippen LogP contribution in [-0.2, 0) is 11.3 Å². The maximum Gasteiger partial charge on any atom is 0.261 e. The van der Waals surface area contributed by atoms with E-state index in [1.165, 1.54) is 0 Å². The van der Waals surface area contributed by atoms with Crippen molar-refractivity contribution >= 4 is 16.8 Å². The highest BCUT2D eigenvalue weighted by Gasteiger charge is 2.27. The lowest BCUT2D eigenvalue weighted by Gasteiger charge is -2.32. The second-order valence-corrected chi connectivity index (χ2v) is 7.00. The van der Waals surface area contributed by atoms with Crippen LogP contribution in [0.25, 0.3) is 10.9 Å². The van der Waals surface area contributed by atoms with Gasteiger partial charge in [-0.15, -0.1) is 0 Å². The van der Waals surface area contributed by atoms with E-state index in [-0.39, 0.29) is 17.5 Å². The summed E-state index contributed by atoms with van der Waals surface area (Å²) in [5, 5.41) is 0.634. The van der Waals surface area contributed by atoms with Crippen molar-refractivity contribution in [3.05, 3.63) is 40.4 Å². The molecule has 1 heterocycles. The fourth-order valence-electron chi connectivity index (χ4n) is 3.65. The number of nitrogens with zero attached hydrogens (tertiary/aromatic N) is 3. The third-order valence-electron chi connectivity index (χ3n) is 5.05. The quantitative estimate of drug-likeness (QED) is 0.570. The highest BCUT2D eigenvalue weighted by molar-refractivity contribution is 5.78. The molecule has 1 atom stereocenters. The highest BCUT2D eigenvalue weighted by atomic mass is 16.2. The van der Waals surface area contributed by atoms with Crippen LogP contribution in [0.2, 0.25) is 0 Å². The van der Waals surface area contributed by atoms with Gasteiger partial charge in [0.25, 0.3) is 5.56 Å². The fraction of sp³-hybridized carbons (Fsp3) is 0.591. The molecule has 0 spiro atoms. The Labute approximate surface area is 162 Å². The summed E-state index contributed by atoms with van der Waals surface area (Å²) in [6.45, 7) is 9.49. The molecule has 5 heteroatoms. The van der Waals surface area contributed by atoms with E-state index in [9.17, 15) is 9.59 Å². The maximum absolute atomic E-state index is 13.0. The Balaban J connectivity index is 2.49. The van der Waals surface area contributed by atoms with Crippen molar-refractivity contribution in [1.29, 1.82) is 0 Å². The second-order valence-electron chi connectivity index (χ2n) is 7.00. The molecule has 0 aliphatic carbocycles. The van der Waals surface area contributed by atoms with Crippen molar-refractivity contribution in [3.63, 3.8) is 0 Å². The molecule has 2 aromatic rings. The van der Waals surface area contributed by atoms with Crippen LogP contribution >= 0.6 is 0 Å². The van der Waals surface area contributed by atoms with Gasteiger partial charge >= 0.3 is 0 Å². The van der Waals surface area contributed by atoms with Crippen molar-refractivity contribution in [2.45, 2.75) is 78.8 Å². The first-order valence-electron chi connectivity index (χ1n) is 10.4.